The van der Waals surface area contributed by atoms with Gasteiger partial charge in [0, 0.05) is 18.0 Å². The molecule has 0 unspecified atom stereocenters. The van der Waals surface area contributed by atoms with E-state index in [0.717, 1.165) is 22.5 Å². The van der Waals surface area contributed by atoms with Gasteiger partial charge in [-0.25, -0.2) is 4.98 Å². The van der Waals surface area contributed by atoms with Gasteiger partial charge in [-0.15, -0.1) is 0 Å². The van der Waals surface area contributed by atoms with E-state index in [1.807, 2.05) is 53.2 Å². The summed E-state index contributed by atoms with van der Waals surface area (Å²) >= 11 is 5.94. The maximum atomic E-state index is 9.01. The molecule has 4 heteroatoms. The van der Waals surface area contributed by atoms with E-state index in [1.54, 1.807) is 0 Å². The molecule has 2 aromatic heterocycles. The maximum Gasteiger partial charge on any atom is 0.137 e. The highest BCUT2D eigenvalue weighted by Crippen LogP contribution is 2.21. The van der Waals surface area contributed by atoms with Crippen molar-refractivity contribution in [3.63, 3.8) is 0 Å². The zero-order chi connectivity index (χ0) is 12.5. The second-order valence-electron chi connectivity index (χ2n) is 4.09. The van der Waals surface area contributed by atoms with Crippen molar-refractivity contribution in [3.8, 4) is 11.3 Å². The molecule has 0 aliphatic carbocycles. The number of pyridine rings is 1. The lowest BCUT2D eigenvalue weighted by molar-refractivity contribution is 0.282. The Morgan fingerprint density at radius 1 is 1.06 bits per heavy atom. The monoisotopic (exact) mass is 258 g/mol. The first kappa shape index (κ1) is 11.3. The van der Waals surface area contributed by atoms with Crippen molar-refractivity contribution in [1.82, 2.24) is 9.38 Å². The molecule has 0 saturated heterocycles. The molecule has 0 radical (unpaired) electrons. The Balaban J connectivity index is 2.07. The third-order valence-electron chi connectivity index (χ3n) is 2.85. The average Bonchev–Trinajstić information content (AvgIpc) is 2.81. The van der Waals surface area contributed by atoms with Gasteiger partial charge in [0.05, 0.1) is 17.3 Å². The highest BCUT2D eigenvalue weighted by molar-refractivity contribution is 6.30. The molecule has 3 rings (SSSR count). The van der Waals surface area contributed by atoms with Gasteiger partial charge in [0.1, 0.15) is 5.65 Å². The van der Waals surface area contributed by atoms with Gasteiger partial charge in [-0.1, -0.05) is 35.9 Å². The van der Waals surface area contributed by atoms with Crippen LogP contribution in [-0.4, -0.2) is 14.5 Å². The summed E-state index contributed by atoms with van der Waals surface area (Å²) in [5.41, 5.74) is 3.67. The number of fused-ring (bicyclic) bond motifs is 1. The normalized spacial score (nSPS) is 11.0. The van der Waals surface area contributed by atoms with Gasteiger partial charge in [0.15, 0.2) is 0 Å². The first-order valence-corrected chi connectivity index (χ1v) is 5.98. The standard InChI is InChI=1S/C14H11ClN2O/c15-12-5-6-14-16-13(8-17(14)7-12)11-3-1-10(9-18)2-4-11/h1-8,18H,9H2. The molecule has 90 valence electrons. The molecule has 0 amide bonds. The number of hydrogen-bond donors (Lipinski definition) is 1. The van der Waals surface area contributed by atoms with Crippen LogP contribution in [0.15, 0.2) is 48.8 Å². The van der Waals surface area contributed by atoms with E-state index in [1.165, 1.54) is 0 Å². The van der Waals surface area contributed by atoms with E-state index < -0.39 is 0 Å². The Hall–Kier alpha value is -1.84. The number of hydrogen-bond acceptors (Lipinski definition) is 2. The zero-order valence-electron chi connectivity index (χ0n) is 9.55. The predicted octanol–water partition coefficient (Wildman–Crippen LogP) is 3.15. The van der Waals surface area contributed by atoms with Crippen LogP contribution in [0.1, 0.15) is 5.56 Å². The number of rotatable bonds is 2. The Kier molecular flexibility index (Phi) is 2.78. The number of aromatic nitrogens is 2. The lowest BCUT2D eigenvalue weighted by atomic mass is 10.1. The molecule has 0 aliphatic rings. The van der Waals surface area contributed by atoms with E-state index >= 15 is 0 Å². The van der Waals surface area contributed by atoms with Gasteiger partial charge in [-0.05, 0) is 17.7 Å². The molecular formula is C14H11ClN2O. The van der Waals surface area contributed by atoms with E-state index in [9.17, 15) is 0 Å². The topological polar surface area (TPSA) is 37.5 Å². The summed E-state index contributed by atoms with van der Waals surface area (Å²) in [7, 11) is 0. The Morgan fingerprint density at radius 2 is 1.83 bits per heavy atom. The quantitative estimate of drug-likeness (QED) is 0.767. The van der Waals surface area contributed by atoms with E-state index in [0.29, 0.717) is 5.02 Å². The number of aliphatic hydroxyl groups is 1. The van der Waals surface area contributed by atoms with Crippen molar-refractivity contribution in [2.75, 3.05) is 0 Å². The van der Waals surface area contributed by atoms with Crippen molar-refractivity contribution in [3.05, 3.63) is 59.4 Å². The fourth-order valence-corrected chi connectivity index (χ4v) is 2.05. The van der Waals surface area contributed by atoms with Crippen molar-refractivity contribution in [1.29, 1.82) is 0 Å². The molecule has 0 fully saturated rings. The SMILES string of the molecule is OCc1ccc(-c2cn3cc(Cl)ccc3n2)cc1. The highest BCUT2D eigenvalue weighted by Gasteiger charge is 2.04. The molecule has 18 heavy (non-hydrogen) atoms. The van der Waals surface area contributed by atoms with Gasteiger partial charge in [-0.2, -0.15) is 0 Å². The first-order valence-electron chi connectivity index (χ1n) is 5.61. The van der Waals surface area contributed by atoms with E-state index in [2.05, 4.69) is 4.98 Å². The number of nitrogens with zero attached hydrogens (tertiary/aromatic N) is 2. The van der Waals surface area contributed by atoms with Gasteiger partial charge in [0.25, 0.3) is 0 Å². The summed E-state index contributed by atoms with van der Waals surface area (Å²) in [6.45, 7) is 0.0566. The van der Waals surface area contributed by atoms with Crippen LogP contribution in [0.5, 0.6) is 0 Å². The molecule has 1 aromatic carbocycles. The maximum absolute atomic E-state index is 9.01. The van der Waals surface area contributed by atoms with Crippen molar-refractivity contribution in [2.45, 2.75) is 6.61 Å². The predicted molar refractivity (Wildman–Crippen MR) is 71.6 cm³/mol. The van der Waals surface area contributed by atoms with Crippen LogP contribution >= 0.6 is 11.6 Å². The van der Waals surface area contributed by atoms with Crippen LogP contribution < -0.4 is 0 Å². The summed E-state index contributed by atoms with van der Waals surface area (Å²) in [6, 6.07) is 11.4. The largest absolute Gasteiger partial charge is 0.392 e. The minimum atomic E-state index is 0.0566. The molecule has 3 nitrogen and oxygen atoms in total. The number of halogens is 1. The Morgan fingerprint density at radius 3 is 2.56 bits per heavy atom. The molecule has 0 bridgehead atoms. The number of imidazole rings is 1. The third-order valence-corrected chi connectivity index (χ3v) is 3.07. The molecule has 1 N–H and O–H groups in total. The zero-order valence-corrected chi connectivity index (χ0v) is 10.3. The minimum Gasteiger partial charge on any atom is -0.392 e. The summed E-state index contributed by atoms with van der Waals surface area (Å²) < 4.78 is 1.90. The van der Waals surface area contributed by atoms with Gasteiger partial charge in [0.2, 0.25) is 0 Å². The fraction of sp³-hybridized carbons (Fsp3) is 0.0714. The van der Waals surface area contributed by atoms with Crippen LogP contribution in [-0.2, 0) is 6.61 Å². The first-order chi connectivity index (χ1) is 8.76. The van der Waals surface area contributed by atoms with Gasteiger partial charge in [-0.3, -0.25) is 0 Å². The van der Waals surface area contributed by atoms with Crippen molar-refractivity contribution < 1.29 is 5.11 Å². The second-order valence-corrected chi connectivity index (χ2v) is 4.53. The summed E-state index contributed by atoms with van der Waals surface area (Å²) in [6.07, 6.45) is 3.77. The van der Waals surface area contributed by atoms with Gasteiger partial charge < -0.3 is 9.51 Å². The van der Waals surface area contributed by atoms with E-state index in [-0.39, 0.29) is 6.61 Å². The summed E-state index contributed by atoms with van der Waals surface area (Å²) in [5, 5.41) is 9.69. The van der Waals surface area contributed by atoms with Crippen molar-refractivity contribution >= 4 is 17.2 Å². The summed E-state index contributed by atoms with van der Waals surface area (Å²) in [4.78, 5) is 4.52. The number of benzene rings is 1. The molecule has 0 saturated carbocycles. The van der Waals surface area contributed by atoms with Crippen LogP contribution in [0.2, 0.25) is 5.02 Å². The molecule has 0 atom stereocenters. The Bertz CT molecular complexity index is 689. The molecule has 2 heterocycles. The Labute approximate surface area is 109 Å². The fourth-order valence-electron chi connectivity index (χ4n) is 1.88. The van der Waals surface area contributed by atoms with Crippen LogP contribution in [0.4, 0.5) is 0 Å². The molecule has 0 spiro atoms. The average molecular weight is 259 g/mol. The second kappa shape index (κ2) is 4.44. The summed E-state index contributed by atoms with van der Waals surface area (Å²) in [5.74, 6) is 0. The van der Waals surface area contributed by atoms with Crippen LogP contribution in [0, 0.1) is 0 Å². The lowest BCUT2D eigenvalue weighted by Crippen LogP contribution is -1.82. The molecular weight excluding hydrogens is 248 g/mol. The number of aliphatic hydroxyl groups excluding tert-OH is 1. The minimum absolute atomic E-state index is 0.0566. The highest BCUT2D eigenvalue weighted by atomic mass is 35.5. The lowest BCUT2D eigenvalue weighted by Gasteiger charge is -1.98. The van der Waals surface area contributed by atoms with Gasteiger partial charge >= 0.3 is 0 Å². The molecule has 3 aromatic rings. The van der Waals surface area contributed by atoms with E-state index in [4.69, 9.17) is 16.7 Å². The molecule has 0 aliphatic heterocycles. The van der Waals surface area contributed by atoms with Crippen molar-refractivity contribution in [2.24, 2.45) is 0 Å². The van der Waals surface area contributed by atoms with Crippen LogP contribution in [0.25, 0.3) is 16.9 Å². The third kappa shape index (κ3) is 1.98. The smallest absolute Gasteiger partial charge is 0.137 e. The van der Waals surface area contributed by atoms with Crippen LogP contribution in [0.3, 0.4) is 0 Å².